The van der Waals surface area contributed by atoms with Gasteiger partial charge >= 0.3 is 0 Å². The number of imidazole rings is 1. The normalized spacial score (nSPS) is 12.6. The van der Waals surface area contributed by atoms with Crippen LogP contribution < -0.4 is 5.32 Å². The van der Waals surface area contributed by atoms with Crippen molar-refractivity contribution in [2.75, 3.05) is 6.54 Å². The maximum Gasteiger partial charge on any atom is 0.159 e. The van der Waals surface area contributed by atoms with E-state index < -0.39 is 11.6 Å². The second kappa shape index (κ2) is 6.61. The fourth-order valence-electron chi connectivity index (χ4n) is 2.27. The molecule has 0 saturated heterocycles. The van der Waals surface area contributed by atoms with Crippen molar-refractivity contribution in [2.45, 2.75) is 25.8 Å². The zero-order chi connectivity index (χ0) is 14.5. The third-order valence-corrected chi connectivity index (χ3v) is 3.37. The molecule has 2 rings (SSSR count). The minimum atomic E-state index is -0.812. The van der Waals surface area contributed by atoms with E-state index in [0.29, 0.717) is 0 Å². The van der Waals surface area contributed by atoms with Crippen molar-refractivity contribution in [3.8, 4) is 0 Å². The Balaban J connectivity index is 2.10. The third-order valence-electron chi connectivity index (χ3n) is 3.37. The van der Waals surface area contributed by atoms with Crippen LogP contribution in [-0.2, 0) is 13.5 Å². The van der Waals surface area contributed by atoms with Gasteiger partial charge in [-0.1, -0.05) is 13.0 Å². The van der Waals surface area contributed by atoms with Crippen LogP contribution in [0.1, 0.15) is 30.8 Å². The first-order chi connectivity index (χ1) is 9.61. The zero-order valence-corrected chi connectivity index (χ0v) is 11.7. The molecule has 1 N–H and O–H groups in total. The molecule has 1 atom stereocenters. The van der Waals surface area contributed by atoms with Crippen LogP contribution in [0.25, 0.3) is 0 Å². The highest BCUT2D eigenvalue weighted by molar-refractivity contribution is 5.21. The molecule has 5 heteroatoms. The molecule has 0 amide bonds. The topological polar surface area (TPSA) is 29.9 Å². The molecule has 2 aromatic rings. The molecule has 0 aliphatic rings. The summed E-state index contributed by atoms with van der Waals surface area (Å²) in [6.45, 7) is 2.76. The van der Waals surface area contributed by atoms with E-state index in [-0.39, 0.29) is 6.04 Å². The van der Waals surface area contributed by atoms with Gasteiger partial charge in [-0.25, -0.2) is 13.8 Å². The summed E-state index contributed by atoms with van der Waals surface area (Å²) in [5, 5.41) is 3.30. The molecule has 1 unspecified atom stereocenters. The van der Waals surface area contributed by atoms with Gasteiger partial charge in [0.2, 0.25) is 0 Å². The molecular formula is C15H19F2N3. The van der Waals surface area contributed by atoms with Crippen LogP contribution in [0.5, 0.6) is 0 Å². The van der Waals surface area contributed by atoms with E-state index in [0.717, 1.165) is 30.8 Å². The number of aryl methyl sites for hydroxylation is 2. The maximum absolute atomic E-state index is 13.3. The van der Waals surface area contributed by atoms with Crippen LogP contribution >= 0.6 is 0 Å². The van der Waals surface area contributed by atoms with Crippen LogP contribution in [0.15, 0.2) is 30.6 Å². The van der Waals surface area contributed by atoms with Crippen molar-refractivity contribution >= 4 is 0 Å². The minimum absolute atomic E-state index is 0.00759. The highest BCUT2D eigenvalue weighted by Crippen LogP contribution is 2.21. The Labute approximate surface area is 117 Å². The quantitative estimate of drug-likeness (QED) is 0.881. The van der Waals surface area contributed by atoms with Crippen LogP contribution in [0.4, 0.5) is 8.78 Å². The highest BCUT2D eigenvalue weighted by atomic mass is 19.2. The molecule has 0 aliphatic heterocycles. The smallest absolute Gasteiger partial charge is 0.159 e. The molecule has 108 valence electrons. The predicted molar refractivity (Wildman–Crippen MR) is 74.3 cm³/mol. The van der Waals surface area contributed by atoms with Crippen molar-refractivity contribution < 1.29 is 8.78 Å². The lowest BCUT2D eigenvalue weighted by Gasteiger charge is -2.18. The first kappa shape index (κ1) is 14.7. The average Bonchev–Trinajstić information content (AvgIpc) is 2.83. The Bertz CT molecular complexity index is 566. The van der Waals surface area contributed by atoms with Crippen LogP contribution in [0, 0.1) is 11.6 Å². The van der Waals surface area contributed by atoms with Gasteiger partial charge in [-0.3, -0.25) is 0 Å². The van der Waals surface area contributed by atoms with E-state index in [2.05, 4.69) is 10.3 Å². The molecule has 1 aromatic carbocycles. The molecule has 1 aromatic heterocycles. The van der Waals surface area contributed by atoms with Gasteiger partial charge < -0.3 is 9.88 Å². The fraction of sp³-hybridized carbons (Fsp3) is 0.400. The largest absolute Gasteiger partial charge is 0.338 e. The van der Waals surface area contributed by atoms with Gasteiger partial charge in [-0.2, -0.15) is 0 Å². The summed E-state index contributed by atoms with van der Waals surface area (Å²) in [4.78, 5) is 4.27. The summed E-state index contributed by atoms with van der Waals surface area (Å²) in [6, 6.07) is 4.06. The Morgan fingerprint density at radius 1 is 1.30 bits per heavy atom. The van der Waals surface area contributed by atoms with E-state index >= 15 is 0 Å². The molecule has 20 heavy (non-hydrogen) atoms. The molecule has 1 heterocycles. The second-order valence-corrected chi connectivity index (χ2v) is 4.78. The Morgan fingerprint density at radius 3 is 2.70 bits per heavy atom. The summed E-state index contributed by atoms with van der Waals surface area (Å²) >= 11 is 0. The van der Waals surface area contributed by atoms with Crippen LogP contribution in [-0.4, -0.2) is 16.1 Å². The minimum Gasteiger partial charge on any atom is -0.338 e. The third kappa shape index (κ3) is 3.42. The number of aromatic nitrogens is 2. The van der Waals surface area contributed by atoms with E-state index in [1.54, 1.807) is 12.3 Å². The SMILES string of the molecule is CCNC(CCc1nccn1C)c1ccc(F)c(F)c1. The molecule has 0 bridgehead atoms. The van der Waals surface area contributed by atoms with Crippen molar-refractivity contribution in [3.05, 3.63) is 53.6 Å². The number of hydrogen-bond donors (Lipinski definition) is 1. The van der Waals surface area contributed by atoms with Gasteiger partial charge in [-0.15, -0.1) is 0 Å². The van der Waals surface area contributed by atoms with E-state index in [9.17, 15) is 8.78 Å². The molecule has 0 saturated carbocycles. The molecule has 3 nitrogen and oxygen atoms in total. The Hall–Kier alpha value is -1.75. The molecular weight excluding hydrogens is 260 g/mol. The molecule has 0 fully saturated rings. The monoisotopic (exact) mass is 279 g/mol. The first-order valence-electron chi connectivity index (χ1n) is 6.76. The fourth-order valence-corrected chi connectivity index (χ4v) is 2.27. The maximum atomic E-state index is 13.3. The standard InChI is InChI=1S/C15H19F2N3/c1-3-18-14(6-7-15-19-8-9-20(15)2)11-4-5-12(16)13(17)10-11/h4-5,8-10,14,18H,3,6-7H2,1-2H3. The van der Waals surface area contributed by atoms with Gasteiger partial charge in [0, 0.05) is 31.9 Å². The van der Waals surface area contributed by atoms with Gasteiger partial charge in [0.05, 0.1) is 0 Å². The summed E-state index contributed by atoms with van der Waals surface area (Å²) in [6.07, 6.45) is 5.22. The van der Waals surface area contributed by atoms with Gasteiger partial charge in [-0.05, 0) is 30.7 Å². The molecule has 0 spiro atoms. The van der Waals surface area contributed by atoms with E-state index in [1.807, 2.05) is 24.7 Å². The number of nitrogens with one attached hydrogen (secondary N) is 1. The van der Waals surface area contributed by atoms with Crippen LogP contribution in [0.2, 0.25) is 0 Å². The lowest BCUT2D eigenvalue weighted by molar-refractivity contribution is 0.484. The second-order valence-electron chi connectivity index (χ2n) is 4.78. The van der Waals surface area contributed by atoms with Crippen molar-refractivity contribution in [1.29, 1.82) is 0 Å². The zero-order valence-electron chi connectivity index (χ0n) is 11.7. The number of hydrogen-bond acceptors (Lipinski definition) is 2. The van der Waals surface area contributed by atoms with E-state index in [1.165, 1.54) is 12.1 Å². The molecule has 0 aliphatic carbocycles. The first-order valence-corrected chi connectivity index (χ1v) is 6.76. The van der Waals surface area contributed by atoms with Gasteiger partial charge in [0.25, 0.3) is 0 Å². The average molecular weight is 279 g/mol. The lowest BCUT2D eigenvalue weighted by Crippen LogP contribution is -2.22. The number of nitrogens with zero attached hydrogens (tertiary/aromatic N) is 2. The van der Waals surface area contributed by atoms with Crippen molar-refractivity contribution in [1.82, 2.24) is 14.9 Å². The van der Waals surface area contributed by atoms with Crippen molar-refractivity contribution in [3.63, 3.8) is 0 Å². The molecule has 0 radical (unpaired) electrons. The van der Waals surface area contributed by atoms with Crippen molar-refractivity contribution in [2.24, 2.45) is 7.05 Å². The summed E-state index contributed by atoms with van der Waals surface area (Å²) in [7, 11) is 1.95. The number of halogens is 2. The highest BCUT2D eigenvalue weighted by Gasteiger charge is 2.14. The summed E-state index contributed by atoms with van der Waals surface area (Å²) in [5.74, 6) is -0.633. The predicted octanol–water partition coefficient (Wildman–Crippen LogP) is 2.98. The summed E-state index contributed by atoms with van der Waals surface area (Å²) in [5.41, 5.74) is 0.764. The lowest BCUT2D eigenvalue weighted by atomic mass is 10.0. The number of benzene rings is 1. The van der Waals surface area contributed by atoms with Gasteiger partial charge in [0.15, 0.2) is 11.6 Å². The van der Waals surface area contributed by atoms with Crippen LogP contribution in [0.3, 0.4) is 0 Å². The van der Waals surface area contributed by atoms with Gasteiger partial charge in [0.1, 0.15) is 5.82 Å². The number of rotatable bonds is 6. The van der Waals surface area contributed by atoms with E-state index in [4.69, 9.17) is 0 Å². The summed E-state index contributed by atoms with van der Waals surface area (Å²) < 4.78 is 28.3. The Kier molecular flexibility index (Phi) is 4.84. The Morgan fingerprint density at radius 2 is 2.10 bits per heavy atom.